The van der Waals surface area contributed by atoms with Crippen molar-refractivity contribution in [1.29, 1.82) is 0 Å². The first-order valence-electron chi connectivity index (χ1n) is 12.9. The highest BCUT2D eigenvalue weighted by Crippen LogP contribution is 2.34. The van der Waals surface area contributed by atoms with Gasteiger partial charge >= 0.3 is 0 Å². The van der Waals surface area contributed by atoms with Gasteiger partial charge in [0.05, 0.1) is 39.6 Å². The normalized spacial score (nSPS) is 11.7. The first kappa shape index (κ1) is 21.0. The zero-order valence-electron chi connectivity index (χ0n) is 20.6. The number of pyridine rings is 1. The molecule has 0 atom stereocenters. The van der Waals surface area contributed by atoms with E-state index in [9.17, 15) is 0 Å². The van der Waals surface area contributed by atoms with Crippen LogP contribution in [0.4, 0.5) is 0 Å². The van der Waals surface area contributed by atoms with E-state index in [4.69, 9.17) is 4.98 Å². The maximum Gasteiger partial charge on any atom is 0.0703 e. The predicted octanol–water partition coefficient (Wildman–Crippen LogP) is 8.94. The van der Waals surface area contributed by atoms with Crippen LogP contribution in [0.1, 0.15) is 0 Å². The second-order valence-corrected chi connectivity index (χ2v) is 9.69. The molecule has 0 saturated carbocycles. The lowest BCUT2D eigenvalue weighted by molar-refractivity contribution is 1.14. The predicted molar refractivity (Wildman–Crippen MR) is 158 cm³/mol. The third-order valence-electron chi connectivity index (χ3n) is 7.59. The quantitative estimate of drug-likeness (QED) is 0.245. The van der Waals surface area contributed by atoms with Crippen LogP contribution in [0.25, 0.3) is 66.2 Å². The van der Waals surface area contributed by atoms with E-state index in [-0.39, 0.29) is 0 Å². The van der Waals surface area contributed by atoms with Gasteiger partial charge in [0.15, 0.2) is 0 Å². The molecule has 178 valence electrons. The fourth-order valence-electron chi connectivity index (χ4n) is 5.87. The second kappa shape index (κ2) is 8.19. The maximum atomic E-state index is 4.88. The lowest BCUT2D eigenvalue weighted by Gasteiger charge is -2.10. The summed E-state index contributed by atoms with van der Waals surface area (Å²) in [5, 5.41) is 5.06. The Hall–Kier alpha value is -5.15. The molecule has 0 amide bonds. The average molecular weight is 486 g/mol. The fraction of sp³-hybridized carbons (Fsp3) is 0. The van der Waals surface area contributed by atoms with E-state index in [2.05, 4.69) is 143 Å². The number of aromatic nitrogens is 3. The first-order chi connectivity index (χ1) is 18.9. The Morgan fingerprint density at radius 1 is 0.368 bits per heavy atom. The summed E-state index contributed by atoms with van der Waals surface area (Å²) < 4.78 is 4.64. The highest BCUT2D eigenvalue weighted by atomic mass is 15.0. The molecular formula is C35H23N3. The van der Waals surface area contributed by atoms with Gasteiger partial charge in [-0.1, -0.05) is 84.9 Å². The number of benzene rings is 5. The van der Waals surface area contributed by atoms with Crippen molar-refractivity contribution >= 4 is 43.6 Å². The Labute approximate surface area is 219 Å². The van der Waals surface area contributed by atoms with E-state index >= 15 is 0 Å². The monoisotopic (exact) mass is 485 g/mol. The molecule has 0 N–H and O–H groups in total. The summed E-state index contributed by atoms with van der Waals surface area (Å²) in [6, 6.07) is 47.3. The molecule has 38 heavy (non-hydrogen) atoms. The maximum absolute atomic E-state index is 4.88. The average Bonchev–Trinajstić information content (AvgIpc) is 3.51. The van der Waals surface area contributed by atoms with E-state index < -0.39 is 0 Å². The van der Waals surface area contributed by atoms with Gasteiger partial charge in [-0.15, -0.1) is 0 Å². The Balaban J connectivity index is 1.20. The minimum Gasteiger partial charge on any atom is -0.309 e. The van der Waals surface area contributed by atoms with Gasteiger partial charge in [0.1, 0.15) is 0 Å². The Bertz CT molecular complexity index is 1850. The third kappa shape index (κ3) is 3.06. The molecule has 0 aliphatic carbocycles. The molecular weight excluding hydrogens is 462 g/mol. The minimum atomic E-state index is 0.961. The number of rotatable bonds is 3. The zero-order valence-corrected chi connectivity index (χ0v) is 20.6. The summed E-state index contributed by atoms with van der Waals surface area (Å²) in [6.45, 7) is 0. The van der Waals surface area contributed by atoms with Crippen molar-refractivity contribution in [1.82, 2.24) is 14.1 Å². The van der Waals surface area contributed by atoms with Crippen molar-refractivity contribution in [2.75, 3.05) is 0 Å². The first-order valence-corrected chi connectivity index (χ1v) is 12.9. The fourth-order valence-corrected chi connectivity index (χ4v) is 5.87. The van der Waals surface area contributed by atoms with Crippen molar-refractivity contribution in [2.45, 2.75) is 0 Å². The molecule has 0 fully saturated rings. The van der Waals surface area contributed by atoms with Crippen molar-refractivity contribution in [2.24, 2.45) is 0 Å². The number of fused-ring (bicyclic) bond motifs is 6. The summed E-state index contributed by atoms with van der Waals surface area (Å²) in [4.78, 5) is 4.88. The van der Waals surface area contributed by atoms with Gasteiger partial charge in [0.2, 0.25) is 0 Å². The van der Waals surface area contributed by atoms with Crippen molar-refractivity contribution < 1.29 is 0 Å². The Morgan fingerprint density at radius 2 is 0.763 bits per heavy atom. The summed E-state index contributed by atoms with van der Waals surface area (Å²) in [5.41, 5.74) is 9.09. The van der Waals surface area contributed by atoms with Gasteiger partial charge in [0, 0.05) is 32.8 Å². The topological polar surface area (TPSA) is 22.8 Å². The molecule has 3 heterocycles. The van der Waals surface area contributed by atoms with Crippen LogP contribution in [-0.4, -0.2) is 14.1 Å². The number of nitrogens with zero attached hydrogens (tertiary/aromatic N) is 3. The Morgan fingerprint density at radius 3 is 1.18 bits per heavy atom. The van der Waals surface area contributed by atoms with E-state index in [1.807, 2.05) is 6.20 Å². The van der Waals surface area contributed by atoms with E-state index in [1.165, 1.54) is 43.6 Å². The van der Waals surface area contributed by atoms with Gasteiger partial charge in [-0.3, -0.25) is 4.98 Å². The van der Waals surface area contributed by atoms with Crippen LogP contribution in [0.2, 0.25) is 0 Å². The third-order valence-corrected chi connectivity index (χ3v) is 7.59. The lowest BCUT2D eigenvalue weighted by atomic mass is 10.1. The van der Waals surface area contributed by atoms with Crippen molar-refractivity contribution in [3.8, 4) is 22.6 Å². The molecule has 3 heteroatoms. The largest absolute Gasteiger partial charge is 0.309 e. The molecule has 8 rings (SSSR count). The summed E-state index contributed by atoms with van der Waals surface area (Å²) >= 11 is 0. The molecule has 0 aliphatic heterocycles. The van der Waals surface area contributed by atoms with Crippen molar-refractivity contribution in [3.63, 3.8) is 0 Å². The summed E-state index contributed by atoms with van der Waals surface area (Å²) in [6.07, 6.45) is 1.98. The molecule has 3 aromatic heterocycles. The molecule has 3 nitrogen and oxygen atoms in total. The highest BCUT2D eigenvalue weighted by Gasteiger charge is 2.13. The van der Waals surface area contributed by atoms with Crippen LogP contribution in [0, 0.1) is 0 Å². The molecule has 5 aromatic carbocycles. The molecule has 0 bridgehead atoms. The van der Waals surface area contributed by atoms with Gasteiger partial charge in [-0.05, 0) is 48.5 Å². The molecule has 0 aliphatic rings. The Kier molecular flexibility index (Phi) is 4.52. The van der Waals surface area contributed by atoms with E-state index in [0.717, 1.165) is 22.6 Å². The van der Waals surface area contributed by atoms with Crippen LogP contribution < -0.4 is 0 Å². The SMILES string of the molecule is c1ccc2c(c1)c1ccccc1n2-c1ccc(-c2ccc(-n3c4ccccc4c4ccccc43)cn2)cc1. The molecule has 8 aromatic rings. The van der Waals surface area contributed by atoms with Crippen LogP contribution >= 0.6 is 0 Å². The minimum absolute atomic E-state index is 0.961. The van der Waals surface area contributed by atoms with E-state index in [1.54, 1.807) is 0 Å². The molecule has 0 radical (unpaired) electrons. The van der Waals surface area contributed by atoms with Crippen LogP contribution in [0.3, 0.4) is 0 Å². The molecule has 0 saturated heterocycles. The van der Waals surface area contributed by atoms with Gasteiger partial charge in [-0.2, -0.15) is 0 Å². The smallest absolute Gasteiger partial charge is 0.0703 e. The molecule has 0 spiro atoms. The van der Waals surface area contributed by atoms with Crippen LogP contribution in [0.15, 0.2) is 140 Å². The second-order valence-electron chi connectivity index (χ2n) is 9.69. The lowest BCUT2D eigenvalue weighted by Crippen LogP contribution is -1.96. The summed E-state index contributed by atoms with van der Waals surface area (Å²) in [7, 11) is 0. The van der Waals surface area contributed by atoms with Gasteiger partial charge in [0.25, 0.3) is 0 Å². The zero-order chi connectivity index (χ0) is 25.1. The van der Waals surface area contributed by atoms with Crippen molar-refractivity contribution in [3.05, 3.63) is 140 Å². The van der Waals surface area contributed by atoms with Gasteiger partial charge < -0.3 is 9.13 Å². The number of hydrogen-bond acceptors (Lipinski definition) is 1. The standard InChI is InChI=1S/C35H23N3/c1-5-13-32-27(9-1)28-10-2-6-14-33(28)37(32)25-19-17-24(18-20-25)31-22-21-26(23-36-31)38-34-15-7-3-11-29(34)30-12-4-8-16-35(30)38/h1-23H. The highest BCUT2D eigenvalue weighted by molar-refractivity contribution is 6.10. The van der Waals surface area contributed by atoms with Crippen LogP contribution in [0.5, 0.6) is 0 Å². The molecule has 0 unspecified atom stereocenters. The van der Waals surface area contributed by atoms with E-state index in [0.29, 0.717) is 0 Å². The summed E-state index contributed by atoms with van der Waals surface area (Å²) in [5.74, 6) is 0. The number of para-hydroxylation sites is 4. The van der Waals surface area contributed by atoms with Crippen LogP contribution in [-0.2, 0) is 0 Å². The van der Waals surface area contributed by atoms with Gasteiger partial charge in [-0.25, -0.2) is 0 Å². The number of hydrogen-bond donors (Lipinski definition) is 0.